The standard InChI is InChI=1S/C20H19N3O3/c24-18-9-5-12-10-14(4-8-17(12)23-18)20(26)22-16-3-1-2-13(11-16)19(25)21-15-6-7-15/h1-4,8,10-11,15H,5-7,9H2,(H,21,25)(H,22,26)(H,23,24). The second-order valence-corrected chi connectivity index (χ2v) is 6.70. The van der Waals surface area contributed by atoms with Crippen LogP contribution in [0.5, 0.6) is 0 Å². The highest BCUT2D eigenvalue weighted by atomic mass is 16.2. The summed E-state index contributed by atoms with van der Waals surface area (Å²) in [5, 5.41) is 8.57. The lowest BCUT2D eigenvalue weighted by Crippen LogP contribution is -2.25. The number of aryl methyl sites for hydroxylation is 1. The summed E-state index contributed by atoms with van der Waals surface area (Å²) >= 11 is 0. The van der Waals surface area contributed by atoms with E-state index in [-0.39, 0.29) is 23.8 Å². The minimum Gasteiger partial charge on any atom is -0.349 e. The maximum atomic E-state index is 12.5. The fraction of sp³-hybridized carbons (Fsp3) is 0.250. The number of rotatable bonds is 4. The van der Waals surface area contributed by atoms with Crippen molar-refractivity contribution in [1.29, 1.82) is 0 Å². The van der Waals surface area contributed by atoms with Crippen molar-refractivity contribution in [1.82, 2.24) is 5.32 Å². The second kappa shape index (κ2) is 6.63. The summed E-state index contributed by atoms with van der Waals surface area (Å²) < 4.78 is 0. The molecule has 1 heterocycles. The van der Waals surface area contributed by atoms with Crippen molar-refractivity contribution in [2.24, 2.45) is 0 Å². The van der Waals surface area contributed by atoms with Gasteiger partial charge in [0.1, 0.15) is 0 Å². The van der Waals surface area contributed by atoms with Crippen molar-refractivity contribution in [3.05, 3.63) is 59.2 Å². The van der Waals surface area contributed by atoms with Crippen molar-refractivity contribution >= 4 is 29.1 Å². The van der Waals surface area contributed by atoms with Gasteiger partial charge in [0, 0.05) is 35.0 Å². The van der Waals surface area contributed by atoms with Crippen molar-refractivity contribution in [3.8, 4) is 0 Å². The summed E-state index contributed by atoms with van der Waals surface area (Å²) in [4.78, 5) is 36.1. The van der Waals surface area contributed by atoms with Gasteiger partial charge in [0.05, 0.1) is 0 Å². The average molecular weight is 349 g/mol. The molecule has 3 N–H and O–H groups in total. The van der Waals surface area contributed by atoms with Crippen LogP contribution in [0.2, 0.25) is 0 Å². The van der Waals surface area contributed by atoms with Crippen LogP contribution in [0.4, 0.5) is 11.4 Å². The Morgan fingerprint density at radius 2 is 1.77 bits per heavy atom. The molecule has 132 valence electrons. The van der Waals surface area contributed by atoms with Gasteiger partial charge in [0.2, 0.25) is 5.91 Å². The number of anilines is 2. The number of carbonyl (C=O) groups is 3. The van der Waals surface area contributed by atoms with Gasteiger partial charge in [0.15, 0.2) is 0 Å². The monoisotopic (exact) mass is 349 g/mol. The molecule has 1 fully saturated rings. The van der Waals surface area contributed by atoms with Crippen LogP contribution >= 0.6 is 0 Å². The van der Waals surface area contributed by atoms with Crippen molar-refractivity contribution in [2.75, 3.05) is 10.6 Å². The molecule has 2 aromatic rings. The van der Waals surface area contributed by atoms with Crippen LogP contribution in [0.1, 0.15) is 45.5 Å². The van der Waals surface area contributed by atoms with Gasteiger partial charge in [-0.2, -0.15) is 0 Å². The van der Waals surface area contributed by atoms with Gasteiger partial charge in [-0.3, -0.25) is 14.4 Å². The first-order valence-corrected chi connectivity index (χ1v) is 8.73. The molecule has 0 spiro atoms. The van der Waals surface area contributed by atoms with E-state index in [1.165, 1.54) is 0 Å². The molecule has 0 saturated heterocycles. The molecular formula is C20H19N3O3. The third-order valence-corrected chi connectivity index (χ3v) is 4.56. The van der Waals surface area contributed by atoms with Gasteiger partial charge in [-0.15, -0.1) is 0 Å². The summed E-state index contributed by atoms with van der Waals surface area (Å²) in [6.07, 6.45) is 3.11. The Balaban J connectivity index is 1.48. The SMILES string of the molecule is O=C1CCc2cc(C(=O)Nc3cccc(C(=O)NC4CC4)c3)ccc2N1. The highest BCUT2D eigenvalue weighted by molar-refractivity contribution is 6.06. The lowest BCUT2D eigenvalue weighted by Gasteiger charge is -2.17. The van der Waals surface area contributed by atoms with E-state index >= 15 is 0 Å². The molecular weight excluding hydrogens is 330 g/mol. The van der Waals surface area contributed by atoms with E-state index in [2.05, 4.69) is 16.0 Å². The van der Waals surface area contributed by atoms with Crippen LogP contribution in [0.15, 0.2) is 42.5 Å². The first-order valence-electron chi connectivity index (χ1n) is 8.73. The molecule has 0 atom stereocenters. The van der Waals surface area contributed by atoms with Crippen LogP contribution < -0.4 is 16.0 Å². The summed E-state index contributed by atoms with van der Waals surface area (Å²) in [5.74, 6) is -0.367. The Hall–Kier alpha value is -3.15. The zero-order valence-electron chi connectivity index (χ0n) is 14.2. The van der Waals surface area contributed by atoms with Crippen molar-refractivity contribution in [3.63, 3.8) is 0 Å². The Morgan fingerprint density at radius 3 is 2.58 bits per heavy atom. The van der Waals surface area contributed by atoms with Gasteiger partial charge in [-0.25, -0.2) is 0 Å². The quantitative estimate of drug-likeness (QED) is 0.793. The van der Waals surface area contributed by atoms with E-state index in [1.54, 1.807) is 42.5 Å². The minimum atomic E-state index is -0.246. The average Bonchev–Trinajstić information content (AvgIpc) is 3.45. The maximum Gasteiger partial charge on any atom is 0.255 e. The first kappa shape index (κ1) is 16.3. The summed E-state index contributed by atoms with van der Waals surface area (Å²) in [5.41, 5.74) is 3.34. The molecule has 0 unspecified atom stereocenters. The van der Waals surface area contributed by atoms with Gasteiger partial charge in [0.25, 0.3) is 11.8 Å². The normalized spacial score (nSPS) is 15.6. The number of carbonyl (C=O) groups excluding carboxylic acids is 3. The van der Waals surface area contributed by atoms with Gasteiger partial charge in [-0.1, -0.05) is 6.07 Å². The zero-order chi connectivity index (χ0) is 18.1. The molecule has 2 aliphatic rings. The molecule has 1 saturated carbocycles. The Morgan fingerprint density at radius 1 is 0.962 bits per heavy atom. The molecule has 1 aliphatic heterocycles. The third kappa shape index (κ3) is 3.59. The van der Waals surface area contributed by atoms with E-state index in [0.29, 0.717) is 29.7 Å². The number of amides is 3. The molecule has 6 heteroatoms. The number of hydrogen-bond acceptors (Lipinski definition) is 3. The lowest BCUT2D eigenvalue weighted by atomic mass is 10.00. The van der Waals surface area contributed by atoms with E-state index < -0.39 is 0 Å². The van der Waals surface area contributed by atoms with E-state index in [4.69, 9.17) is 0 Å². The zero-order valence-corrected chi connectivity index (χ0v) is 14.2. The van der Waals surface area contributed by atoms with Gasteiger partial charge < -0.3 is 16.0 Å². The number of fused-ring (bicyclic) bond motifs is 1. The first-order chi connectivity index (χ1) is 12.6. The number of nitrogens with one attached hydrogen (secondary N) is 3. The van der Waals surface area contributed by atoms with Gasteiger partial charge >= 0.3 is 0 Å². The summed E-state index contributed by atoms with van der Waals surface area (Å²) in [6.45, 7) is 0. The van der Waals surface area contributed by atoms with Crippen LogP contribution in [0.25, 0.3) is 0 Å². The molecule has 4 rings (SSSR count). The highest BCUT2D eigenvalue weighted by Gasteiger charge is 2.24. The Bertz CT molecular complexity index is 903. The molecule has 3 amide bonds. The maximum absolute atomic E-state index is 12.5. The summed E-state index contributed by atoms with van der Waals surface area (Å²) in [6, 6.07) is 12.4. The predicted octanol–water partition coefficient (Wildman–Crippen LogP) is 2.72. The molecule has 0 radical (unpaired) electrons. The molecule has 26 heavy (non-hydrogen) atoms. The molecule has 6 nitrogen and oxygen atoms in total. The fourth-order valence-electron chi connectivity index (χ4n) is 2.96. The third-order valence-electron chi connectivity index (χ3n) is 4.56. The number of hydrogen-bond donors (Lipinski definition) is 3. The minimum absolute atomic E-state index is 0.00371. The largest absolute Gasteiger partial charge is 0.349 e. The Labute approximate surface area is 151 Å². The molecule has 1 aliphatic carbocycles. The van der Waals surface area contributed by atoms with Crippen molar-refractivity contribution < 1.29 is 14.4 Å². The van der Waals surface area contributed by atoms with Crippen LogP contribution in [0, 0.1) is 0 Å². The molecule has 2 aromatic carbocycles. The molecule has 0 bridgehead atoms. The van der Waals surface area contributed by atoms with E-state index in [0.717, 1.165) is 24.1 Å². The van der Waals surface area contributed by atoms with Crippen LogP contribution in [0.3, 0.4) is 0 Å². The fourth-order valence-corrected chi connectivity index (χ4v) is 2.96. The Kier molecular flexibility index (Phi) is 4.16. The number of benzene rings is 2. The van der Waals surface area contributed by atoms with Crippen LogP contribution in [-0.4, -0.2) is 23.8 Å². The molecule has 0 aromatic heterocycles. The van der Waals surface area contributed by atoms with E-state index in [9.17, 15) is 14.4 Å². The smallest absolute Gasteiger partial charge is 0.255 e. The van der Waals surface area contributed by atoms with Crippen molar-refractivity contribution in [2.45, 2.75) is 31.7 Å². The second-order valence-electron chi connectivity index (χ2n) is 6.70. The lowest BCUT2D eigenvalue weighted by molar-refractivity contribution is -0.116. The highest BCUT2D eigenvalue weighted by Crippen LogP contribution is 2.24. The predicted molar refractivity (Wildman–Crippen MR) is 98.3 cm³/mol. The topological polar surface area (TPSA) is 87.3 Å². The van der Waals surface area contributed by atoms with E-state index in [1.807, 2.05) is 0 Å². The van der Waals surface area contributed by atoms with Gasteiger partial charge in [-0.05, 0) is 61.2 Å². The van der Waals surface area contributed by atoms with Crippen LogP contribution in [-0.2, 0) is 11.2 Å². The summed E-state index contributed by atoms with van der Waals surface area (Å²) in [7, 11) is 0.